The first kappa shape index (κ1) is 23.3. The van der Waals surface area contributed by atoms with Gasteiger partial charge < -0.3 is 19.5 Å². The quantitative estimate of drug-likeness (QED) is 0.514. The Balaban J connectivity index is 1.84. The second-order valence-corrected chi connectivity index (χ2v) is 8.40. The molecular weight excluding hydrogens is 408 g/mol. The zero-order valence-electron chi connectivity index (χ0n) is 17.5. The van der Waals surface area contributed by atoms with Gasteiger partial charge in [0.1, 0.15) is 12.4 Å². The Morgan fingerprint density at radius 1 is 1.03 bits per heavy atom. The van der Waals surface area contributed by atoms with Crippen LogP contribution < -0.4 is 23.8 Å². The monoisotopic (exact) mass is 436 g/mol. The van der Waals surface area contributed by atoms with Gasteiger partial charge in [0, 0.05) is 19.0 Å². The van der Waals surface area contributed by atoms with Gasteiger partial charge in [0.25, 0.3) is 0 Å². The Morgan fingerprint density at radius 2 is 1.73 bits per heavy atom. The van der Waals surface area contributed by atoms with Crippen molar-refractivity contribution in [2.75, 3.05) is 44.5 Å². The number of para-hydroxylation sites is 1. The standard InChI is InChI=1S/C21H28N2O6S/c1-27-19-12-11-17(16-20(19)28-2)23(30(3,25)26)14-7-10-21(24)22-13-15-29-18-8-5-4-6-9-18/h4-6,8-9,11-12,16H,7,10,13-15H2,1-3H3,(H,22,24). The molecule has 2 aromatic carbocycles. The van der Waals surface area contributed by atoms with Gasteiger partial charge in [-0.2, -0.15) is 0 Å². The minimum absolute atomic E-state index is 0.160. The zero-order valence-corrected chi connectivity index (χ0v) is 18.3. The number of nitrogens with zero attached hydrogens (tertiary/aromatic N) is 1. The second kappa shape index (κ2) is 11.3. The molecule has 0 aliphatic carbocycles. The van der Waals surface area contributed by atoms with E-state index >= 15 is 0 Å². The molecule has 1 amide bonds. The summed E-state index contributed by atoms with van der Waals surface area (Å²) in [4.78, 5) is 12.0. The molecule has 0 atom stereocenters. The summed E-state index contributed by atoms with van der Waals surface area (Å²) < 4.78 is 41.7. The number of anilines is 1. The molecule has 0 bridgehead atoms. The van der Waals surface area contributed by atoms with Gasteiger partial charge in [0.05, 0.1) is 32.7 Å². The lowest BCUT2D eigenvalue weighted by molar-refractivity contribution is -0.121. The number of rotatable bonds is 12. The summed E-state index contributed by atoms with van der Waals surface area (Å²) in [6, 6.07) is 14.2. The highest BCUT2D eigenvalue weighted by Crippen LogP contribution is 2.32. The third-order valence-electron chi connectivity index (χ3n) is 4.26. The number of carbonyl (C=O) groups excluding carboxylic acids is 1. The van der Waals surface area contributed by atoms with Crippen molar-refractivity contribution in [1.29, 1.82) is 0 Å². The average Bonchev–Trinajstić information content (AvgIpc) is 2.73. The SMILES string of the molecule is COc1ccc(N(CCCC(=O)NCCOc2ccccc2)S(C)(=O)=O)cc1OC. The topological polar surface area (TPSA) is 94.2 Å². The minimum Gasteiger partial charge on any atom is -0.493 e. The summed E-state index contributed by atoms with van der Waals surface area (Å²) >= 11 is 0. The Labute approximate surface area is 177 Å². The molecule has 0 heterocycles. The van der Waals surface area contributed by atoms with Crippen molar-refractivity contribution in [3.8, 4) is 17.2 Å². The molecule has 1 N–H and O–H groups in total. The zero-order chi connectivity index (χ0) is 22.0. The number of amides is 1. The normalized spacial score (nSPS) is 10.9. The maximum absolute atomic E-state index is 12.2. The first-order valence-electron chi connectivity index (χ1n) is 9.49. The number of nitrogens with one attached hydrogen (secondary N) is 1. The van der Waals surface area contributed by atoms with Crippen molar-refractivity contribution >= 4 is 21.6 Å². The molecular formula is C21H28N2O6S. The average molecular weight is 437 g/mol. The molecule has 0 aromatic heterocycles. The van der Waals surface area contributed by atoms with Gasteiger partial charge >= 0.3 is 0 Å². The van der Waals surface area contributed by atoms with Crippen LogP contribution in [0.3, 0.4) is 0 Å². The van der Waals surface area contributed by atoms with Gasteiger partial charge in [-0.05, 0) is 30.7 Å². The summed E-state index contributed by atoms with van der Waals surface area (Å²) in [7, 11) is -0.533. The fourth-order valence-electron chi connectivity index (χ4n) is 2.81. The lowest BCUT2D eigenvalue weighted by atomic mass is 10.2. The van der Waals surface area contributed by atoms with Crippen LogP contribution >= 0.6 is 0 Å². The lowest BCUT2D eigenvalue weighted by Gasteiger charge is -2.23. The van der Waals surface area contributed by atoms with E-state index in [1.54, 1.807) is 18.2 Å². The van der Waals surface area contributed by atoms with E-state index in [0.29, 0.717) is 36.8 Å². The Kier molecular flexibility index (Phi) is 8.79. The molecule has 8 nitrogen and oxygen atoms in total. The number of hydrogen-bond acceptors (Lipinski definition) is 6. The van der Waals surface area contributed by atoms with E-state index in [1.807, 2.05) is 30.3 Å². The van der Waals surface area contributed by atoms with Gasteiger partial charge in [0.15, 0.2) is 11.5 Å². The predicted octanol–water partition coefficient (Wildman–Crippen LogP) is 2.45. The molecule has 0 spiro atoms. The van der Waals surface area contributed by atoms with E-state index in [2.05, 4.69) is 5.32 Å². The third kappa shape index (κ3) is 7.14. The smallest absolute Gasteiger partial charge is 0.232 e. The maximum Gasteiger partial charge on any atom is 0.232 e. The van der Waals surface area contributed by atoms with Crippen LogP contribution in [0.1, 0.15) is 12.8 Å². The largest absolute Gasteiger partial charge is 0.493 e. The molecule has 0 aliphatic rings. The van der Waals surface area contributed by atoms with Crippen LogP contribution in [-0.2, 0) is 14.8 Å². The van der Waals surface area contributed by atoms with Crippen molar-refractivity contribution in [2.24, 2.45) is 0 Å². The van der Waals surface area contributed by atoms with Gasteiger partial charge in [-0.3, -0.25) is 9.10 Å². The number of carbonyl (C=O) groups is 1. The van der Waals surface area contributed by atoms with Crippen LogP contribution in [0.2, 0.25) is 0 Å². The molecule has 0 saturated heterocycles. The van der Waals surface area contributed by atoms with Crippen LogP contribution in [0.5, 0.6) is 17.2 Å². The van der Waals surface area contributed by atoms with E-state index in [4.69, 9.17) is 14.2 Å². The molecule has 0 unspecified atom stereocenters. The molecule has 0 aliphatic heterocycles. The molecule has 9 heteroatoms. The fourth-order valence-corrected chi connectivity index (χ4v) is 3.77. The lowest BCUT2D eigenvalue weighted by Crippen LogP contribution is -2.33. The van der Waals surface area contributed by atoms with Gasteiger partial charge in [-0.1, -0.05) is 18.2 Å². The van der Waals surface area contributed by atoms with E-state index < -0.39 is 10.0 Å². The summed E-state index contributed by atoms with van der Waals surface area (Å²) in [5.74, 6) is 1.52. The Morgan fingerprint density at radius 3 is 2.37 bits per heavy atom. The number of sulfonamides is 1. The summed E-state index contributed by atoms with van der Waals surface area (Å²) in [5.41, 5.74) is 0.451. The van der Waals surface area contributed by atoms with Crippen molar-refractivity contribution in [2.45, 2.75) is 12.8 Å². The fraction of sp³-hybridized carbons (Fsp3) is 0.381. The molecule has 164 valence electrons. The Hall–Kier alpha value is -2.94. The number of hydrogen-bond donors (Lipinski definition) is 1. The highest BCUT2D eigenvalue weighted by Gasteiger charge is 2.19. The van der Waals surface area contributed by atoms with Crippen LogP contribution in [0.4, 0.5) is 5.69 Å². The number of methoxy groups -OCH3 is 2. The van der Waals surface area contributed by atoms with Crippen molar-refractivity contribution in [3.63, 3.8) is 0 Å². The Bertz CT molecular complexity index is 918. The van der Waals surface area contributed by atoms with Crippen LogP contribution in [-0.4, -0.2) is 54.5 Å². The highest BCUT2D eigenvalue weighted by atomic mass is 32.2. The molecule has 2 aromatic rings. The number of ether oxygens (including phenoxy) is 3. The van der Waals surface area contributed by atoms with E-state index in [1.165, 1.54) is 18.5 Å². The summed E-state index contributed by atoms with van der Waals surface area (Å²) in [6.45, 7) is 0.901. The molecule has 0 fully saturated rings. The first-order valence-corrected chi connectivity index (χ1v) is 11.3. The van der Waals surface area contributed by atoms with Crippen molar-refractivity contribution in [3.05, 3.63) is 48.5 Å². The molecule has 0 saturated carbocycles. The van der Waals surface area contributed by atoms with Crippen LogP contribution in [0.15, 0.2) is 48.5 Å². The molecule has 30 heavy (non-hydrogen) atoms. The summed E-state index contributed by atoms with van der Waals surface area (Å²) in [5, 5.41) is 2.77. The summed E-state index contributed by atoms with van der Waals surface area (Å²) in [6.07, 6.45) is 1.70. The van der Waals surface area contributed by atoms with Gasteiger partial charge in [-0.25, -0.2) is 8.42 Å². The number of benzene rings is 2. The van der Waals surface area contributed by atoms with Gasteiger partial charge in [0.2, 0.25) is 15.9 Å². The van der Waals surface area contributed by atoms with E-state index in [9.17, 15) is 13.2 Å². The molecule has 2 rings (SSSR count). The van der Waals surface area contributed by atoms with Crippen LogP contribution in [0, 0.1) is 0 Å². The van der Waals surface area contributed by atoms with E-state index in [0.717, 1.165) is 12.0 Å². The van der Waals surface area contributed by atoms with E-state index in [-0.39, 0.29) is 18.9 Å². The third-order valence-corrected chi connectivity index (χ3v) is 5.45. The minimum atomic E-state index is -3.53. The molecule has 0 radical (unpaired) electrons. The van der Waals surface area contributed by atoms with Crippen molar-refractivity contribution in [1.82, 2.24) is 5.32 Å². The maximum atomic E-state index is 12.2. The predicted molar refractivity (Wildman–Crippen MR) is 116 cm³/mol. The first-order chi connectivity index (χ1) is 14.3. The van der Waals surface area contributed by atoms with Gasteiger partial charge in [-0.15, -0.1) is 0 Å². The van der Waals surface area contributed by atoms with Crippen molar-refractivity contribution < 1.29 is 27.4 Å². The second-order valence-electron chi connectivity index (χ2n) is 6.49. The highest BCUT2D eigenvalue weighted by molar-refractivity contribution is 7.92. The van der Waals surface area contributed by atoms with Crippen LogP contribution in [0.25, 0.3) is 0 Å².